The standard InChI is InChI=1S/C18H20N4/c19-12-14-5-7-15(8-6-14)13-22-10-9-21-18(22)11-16-3-1-2-4-17(16)20/h1-10H,11-13,19-20H2. The van der Waals surface area contributed by atoms with Crippen LogP contribution in [0.5, 0.6) is 0 Å². The van der Waals surface area contributed by atoms with Crippen LogP contribution in [-0.4, -0.2) is 9.55 Å². The number of hydrogen-bond donors (Lipinski definition) is 2. The van der Waals surface area contributed by atoms with E-state index < -0.39 is 0 Å². The summed E-state index contributed by atoms with van der Waals surface area (Å²) in [4.78, 5) is 4.47. The summed E-state index contributed by atoms with van der Waals surface area (Å²) in [7, 11) is 0. The van der Waals surface area contributed by atoms with Gasteiger partial charge in [0.1, 0.15) is 5.82 Å². The lowest BCUT2D eigenvalue weighted by atomic mass is 10.1. The average Bonchev–Trinajstić information content (AvgIpc) is 2.97. The third-order valence-corrected chi connectivity index (χ3v) is 3.82. The molecule has 4 heteroatoms. The normalized spacial score (nSPS) is 10.8. The molecule has 3 rings (SSSR count). The number of para-hydroxylation sites is 1. The predicted octanol–water partition coefficient (Wildman–Crippen LogP) is 2.56. The Kier molecular flexibility index (Phi) is 4.21. The fraction of sp³-hybridized carbons (Fsp3) is 0.167. The van der Waals surface area contributed by atoms with Gasteiger partial charge in [-0.25, -0.2) is 4.98 Å². The fourth-order valence-corrected chi connectivity index (χ4v) is 2.49. The smallest absolute Gasteiger partial charge is 0.113 e. The summed E-state index contributed by atoms with van der Waals surface area (Å²) in [5, 5.41) is 0. The van der Waals surface area contributed by atoms with Crippen molar-refractivity contribution < 1.29 is 0 Å². The van der Waals surface area contributed by atoms with E-state index in [1.54, 1.807) is 0 Å². The van der Waals surface area contributed by atoms with Gasteiger partial charge < -0.3 is 16.0 Å². The van der Waals surface area contributed by atoms with Crippen LogP contribution in [0.1, 0.15) is 22.5 Å². The zero-order valence-electron chi connectivity index (χ0n) is 12.4. The first-order chi connectivity index (χ1) is 10.8. The highest BCUT2D eigenvalue weighted by atomic mass is 15.1. The van der Waals surface area contributed by atoms with Gasteiger partial charge in [0.15, 0.2) is 0 Å². The molecule has 4 nitrogen and oxygen atoms in total. The van der Waals surface area contributed by atoms with Crippen LogP contribution in [0.3, 0.4) is 0 Å². The molecule has 0 aliphatic rings. The minimum atomic E-state index is 0.573. The molecule has 0 aliphatic heterocycles. The van der Waals surface area contributed by atoms with Crippen LogP contribution in [0.2, 0.25) is 0 Å². The van der Waals surface area contributed by atoms with Gasteiger partial charge in [0.25, 0.3) is 0 Å². The van der Waals surface area contributed by atoms with Crippen molar-refractivity contribution in [2.75, 3.05) is 5.73 Å². The van der Waals surface area contributed by atoms with E-state index in [-0.39, 0.29) is 0 Å². The zero-order valence-corrected chi connectivity index (χ0v) is 12.4. The summed E-state index contributed by atoms with van der Waals surface area (Å²) in [6.07, 6.45) is 4.58. The van der Waals surface area contributed by atoms with E-state index in [4.69, 9.17) is 11.5 Å². The summed E-state index contributed by atoms with van der Waals surface area (Å²) in [6, 6.07) is 16.3. The Morgan fingerprint density at radius 1 is 0.955 bits per heavy atom. The van der Waals surface area contributed by atoms with Gasteiger partial charge in [-0.1, -0.05) is 42.5 Å². The summed E-state index contributed by atoms with van der Waals surface area (Å²) in [6.45, 7) is 1.37. The first-order valence-electron chi connectivity index (χ1n) is 7.37. The maximum atomic E-state index is 6.02. The van der Waals surface area contributed by atoms with Crippen molar-refractivity contribution in [3.63, 3.8) is 0 Å². The van der Waals surface area contributed by atoms with Crippen LogP contribution < -0.4 is 11.5 Å². The van der Waals surface area contributed by atoms with E-state index in [0.29, 0.717) is 6.54 Å². The molecular weight excluding hydrogens is 272 g/mol. The third kappa shape index (κ3) is 3.18. The number of imidazole rings is 1. The molecule has 2 aromatic carbocycles. The number of nitrogens with zero attached hydrogens (tertiary/aromatic N) is 2. The second-order valence-corrected chi connectivity index (χ2v) is 5.37. The molecule has 0 saturated heterocycles. The van der Waals surface area contributed by atoms with E-state index in [9.17, 15) is 0 Å². The van der Waals surface area contributed by atoms with Gasteiger partial charge in [0, 0.05) is 37.6 Å². The molecule has 3 aromatic rings. The van der Waals surface area contributed by atoms with Gasteiger partial charge in [-0.15, -0.1) is 0 Å². The van der Waals surface area contributed by atoms with E-state index in [1.165, 1.54) is 5.56 Å². The summed E-state index contributed by atoms with van der Waals surface area (Å²) >= 11 is 0. The van der Waals surface area contributed by atoms with Crippen LogP contribution in [0, 0.1) is 0 Å². The molecule has 0 unspecified atom stereocenters. The van der Waals surface area contributed by atoms with Gasteiger partial charge in [-0.3, -0.25) is 0 Å². The second-order valence-electron chi connectivity index (χ2n) is 5.37. The van der Waals surface area contributed by atoms with Crippen molar-refractivity contribution in [1.82, 2.24) is 9.55 Å². The molecule has 1 aromatic heterocycles. The largest absolute Gasteiger partial charge is 0.398 e. The van der Waals surface area contributed by atoms with E-state index >= 15 is 0 Å². The number of anilines is 1. The zero-order chi connectivity index (χ0) is 15.4. The SMILES string of the molecule is NCc1ccc(Cn2ccnc2Cc2ccccc2N)cc1. The lowest BCUT2D eigenvalue weighted by molar-refractivity contribution is 0.740. The quantitative estimate of drug-likeness (QED) is 0.710. The molecular formula is C18H20N4. The Labute approximate surface area is 130 Å². The number of rotatable bonds is 5. The minimum absolute atomic E-state index is 0.573. The molecule has 4 N–H and O–H groups in total. The molecule has 0 aliphatic carbocycles. The third-order valence-electron chi connectivity index (χ3n) is 3.82. The van der Waals surface area contributed by atoms with Crippen LogP contribution in [-0.2, 0) is 19.5 Å². The molecule has 0 saturated carbocycles. The Hall–Kier alpha value is -2.59. The molecule has 1 heterocycles. The summed E-state index contributed by atoms with van der Waals surface area (Å²) < 4.78 is 2.16. The fourth-order valence-electron chi connectivity index (χ4n) is 2.49. The first-order valence-corrected chi connectivity index (χ1v) is 7.37. The Morgan fingerprint density at radius 3 is 2.41 bits per heavy atom. The van der Waals surface area contributed by atoms with Crippen molar-refractivity contribution in [1.29, 1.82) is 0 Å². The highest BCUT2D eigenvalue weighted by Gasteiger charge is 2.07. The van der Waals surface area contributed by atoms with E-state index in [2.05, 4.69) is 33.8 Å². The molecule has 0 fully saturated rings. The van der Waals surface area contributed by atoms with E-state index in [0.717, 1.165) is 35.6 Å². The number of hydrogen-bond acceptors (Lipinski definition) is 3. The van der Waals surface area contributed by atoms with Gasteiger partial charge in [-0.05, 0) is 22.8 Å². The van der Waals surface area contributed by atoms with Crippen LogP contribution >= 0.6 is 0 Å². The first kappa shape index (κ1) is 14.4. The van der Waals surface area contributed by atoms with Crippen molar-refractivity contribution in [3.05, 3.63) is 83.4 Å². The molecule has 0 bridgehead atoms. The molecule has 0 spiro atoms. The Balaban J connectivity index is 1.78. The second kappa shape index (κ2) is 6.45. The van der Waals surface area contributed by atoms with Crippen LogP contribution in [0.25, 0.3) is 0 Å². The highest BCUT2D eigenvalue weighted by Crippen LogP contribution is 2.16. The molecule has 0 amide bonds. The molecule has 0 atom stereocenters. The van der Waals surface area contributed by atoms with Crippen molar-refractivity contribution in [3.8, 4) is 0 Å². The van der Waals surface area contributed by atoms with Crippen molar-refractivity contribution in [2.45, 2.75) is 19.5 Å². The van der Waals surface area contributed by atoms with Gasteiger partial charge in [-0.2, -0.15) is 0 Å². The Bertz CT molecular complexity index is 744. The van der Waals surface area contributed by atoms with Crippen molar-refractivity contribution >= 4 is 5.69 Å². The van der Waals surface area contributed by atoms with Gasteiger partial charge >= 0.3 is 0 Å². The average molecular weight is 292 g/mol. The molecule has 22 heavy (non-hydrogen) atoms. The minimum Gasteiger partial charge on any atom is -0.398 e. The Morgan fingerprint density at radius 2 is 1.68 bits per heavy atom. The monoisotopic (exact) mass is 292 g/mol. The van der Waals surface area contributed by atoms with E-state index in [1.807, 2.05) is 36.7 Å². The maximum Gasteiger partial charge on any atom is 0.113 e. The number of nitrogens with two attached hydrogens (primary N) is 2. The number of nitrogen functional groups attached to an aromatic ring is 1. The molecule has 0 radical (unpaired) electrons. The van der Waals surface area contributed by atoms with Crippen LogP contribution in [0.4, 0.5) is 5.69 Å². The topological polar surface area (TPSA) is 69.9 Å². The van der Waals surface area contributed by atoms with Gasteiger partial charge in [0.2, 0.25) is 0 Å². The lowest BCUT2D eigenvalue weighted by Crippen LogP contribution is -2.06. The maximum absolute atomic E-state index is 6.02. The lowest BCUT2D eigenvalue weighted by Gasteiger charge is -2.10. The number of aromatic nitrogens is 2. The van der Waals surface area contributed by atoms with Crippen molar-refractivity contribution in [2.24, 2.45) is 5.73 Å². The molecule has 112 valence electrons. The van der Waals surface area contributed by atoms with Crippen LogP contribution in [0.15, 0.2) is 60.9 Å². The number of benzene rings is 2. The van der Waals surface area contributed by atoms with Gasteiger partial charge in [0.05, 0.1) is 0 Å². The highest BCUT2D eigenvalue weighted by molar-refractivity contribution is 5.47. The predicted molar refractivity (Wildman–Crippen MR) is 89.3 cm³/mol. The summed E-state index contributed by atoms with van der Waals surface area (Å²) in [5.74, 6) is 1.01. The summed E-state index contributed by atoms with van der Waals surface area (Å²) in [5.41, 5.74) is 15.9.